The molecule has 0 fully saturated rings. The summed E-state index contributed by atoms with van der Waals surface area (Å²) in [5.74, 6) is -0.248. The largest absolute Gasteiger partial charge is 0.433 e. The second-order valence-electron chi connectivity index (χ2n) is 2.45. The third kappa shape index (κ3) is 2.18. The first-order valence-corrected chi connectivity index (χ1v) is 3.54. The van der Waals surface area contributed by atoms with Crippen LogP contribution < -0.4 is 0 Å². The van der Waals surface area contributed by atoms with E-state index in [0.717, 1.165) is 12.3 Å². The summed E-state index contributed by atoms with van der Waals surface area (Å²) in [5.41, 5.74) is -1.14. The number of hydrogen-bond acceptors (Lipinski definition) is 4. The fourth-order valence-corrected chi connectivity index (χ4v) is 0.736. The Balaban J connectivity index is 3.14. The highest BCUT2D eigenvalue weighted by Crippen LogP contribution is 2.26. The normalized spacial score (nSPS) is 13.0. The van der Waals surface area contributed by atoms with Crippen LogP contribution in [0.25, 0.3) is 0 Å². The van der Waals surface area contributed by atoms with E-state index in [1.54, 1.807) is 0 Å². The summed E-state index contributed by atoms with van der Waals surface area (Å²) in [4.78, 5) is 6.71. The summed E-state index contributed by atoms with van der Waals surface area (Å²) in [7, 11) is 0. The first-order valence-electron chi connectivity index (χ1n) is 3.54. The van der Waals surface area contributed by atoms with Gasteiger partial charge in [0.15, 0.2) is 5.82 Å². The molecule has 1 rings (SSSR count). The highest BCUT2D eigenvalue weighted by molar-refractivity contribution is 5.94. The van der Waals surface area contributed by atoms with Gasteiger partial charge < -0.3 is 5.21 Å². The lowest BCUT2D eigenvalue weighted by molar-refractivity contribution is -0.141. The molecule has 76 valence electrons. The van der Waals surface area contributed by atoms with Gasteiger partial charge in [0, 0.05) is 6.20 Å². The molecule has 0 aromatic carbocycles. The first kappa shape index (κ1) is 10.4. The molecule has 4 nitrogen and oxygen atoms in total. The van der Waals surface area contributed by atoms with Crippen LogP contribution in [0.15, 0.2) is 17.4 Å². The van der Waals surface area contributed by atoms with Crippen LogP contribution in [0.1, 0.15) is 18.4 Å². The maximum Gasteiger partial charge on any atom is 0.433 e. The zero-order valence-electron chi connectivity index (χ0n) is 7.08. The van der Waals surface area contributed by atoms with Crippen molar-refractivity contribution in [1.82, 2.24) is 9.97 Å². The van der Waals surface area contributed by atoms with Gasteiger partial charge in [0.2, 0.25) is 0 Å². The van der Waals surface area contributed by atoms with Gasteiger partial charge in [-0.25, -0.2) is 9.97 Å². The average Bonchev–Trinajstić information content (AvgIpc) is 2.15. The molecule has 0 saturated carbocycles. The summed E-state index contributed by atoms with van der Waals surface area (Å²) < 4.78 is 36.4. The van der Waals surface area contributed by atoms with Crippen molar-refractivity contribution in [3.05, 3.63) is 23.8 Å². The third-order valence-corrected chi connectivity index (χ3v) is 1.42. The molecule has 7 heteroatoms. The smallest absolute Gasteiger partial charge is 0.411 e. The minimum Gasteiger partial charge on any atom is -0.411 e. The molecule has 0 atom stereocenters. The molecule has 1 N–H and O–H groups in total. The van der Waals surface area contributed by atoms with Gasteiger partial charge in [-0.1, -0.05) is 5.16 Å². The number of oxime groups is 1. The molecule has 1 aromatic heterocycles. The van der Waals surface area contributed by atoms with Gasteiger partial charge in [0.25, 0.3) is 0 Å². The number of aromatic nitrogens is 2. The number of alkyl halides is 3. The lowest BCUT2D eigenvalue weighted by Crippen LogP contribution is -2.12. The molecule has 0 saturated heterocycles. The molecule has 0 bridgehead atoms. The van der Waals surface area contributed by atoms with Crippen LogP contribution in [0.2, 0.25) is 0 Å². The van der Waals surface area contributed by atoms with Crippen molar-refractivity contribution in [3.63, 3.8) is 0 Å². The van der Waals surface area contributed by atoms with Crippen LogP contribution >= 0.6 is 0 Å². The van der Waals surface area contributed by atoms with E-state index in [0.29, 0.717) is 0 Å². The molecule has 0 unspecified atom stereocenters. The molecular weight excluding hydrogens is 199 g/mol. The molecule has 0 spiro atoms. The van der Waals surface area contributed by atoms with Crippen LogP contribution in [0.5, 0.6) is 0 Å². The number of hydrogen-bond donors (Lipinski definition) is 1. The van der Waals surface area contributed by atoms with Crippen molar-refractivity contribution in [1.29, 1.82) is 0 Å². The molecule has 1 heterocycles. The summed E-state index contributed by atoms with van der Waals surface area (Å²) in [6.07, 6.45) is -3.56. The SMILES string of the molecule is C/C(=N\O)c1nccc(C(F)(F)F)n1. The maximum absolute atomic E-state index is 12.1. The highest BCUT2D eigenvalue weighted by Gasteiger charge is 2.32. The quantitative estimate of drug-likeness (QED) is 0.431. The van der Waals surface area contributed by atoms with Crippen molar-refractivity contribution in [3.8, 4) is 0 Å². The van der Waals surface area contributed by atoms with Crippen LogP contribution in [0.4, 0.5) is 13.2 Å². The predicted molar refractivity (Wildman–Crippen MR) is 41.0 cm³/mol. The number of halogens is 3. The lowest BCUT2D eigenvalue weighted by atomic mass is 10.3. The second-order valence-corrected chi connectivity index (χ2v) is 2.45. The van der Waals surface area contributed by atoms with Crippen molar-refractivity contribution in [2.75, 3.05) is 0 Å². The zero-order chi connectivity index (χ0) is 10.8. The Morgan fingerprint density at radius 1 is 1.50 bits per heavy atom. The lowest BCUT2D eigenvalue weighted by Gasteiger charge is -2.05. The molecule has 0 aliphatic carbocycles. The van der Waals surface area contributed by atoms with Crippen molar-refractivity contribution in [2.24, 2.45) is 5.16 Å². The Hall–Kier alpha value is -1.66. The maximum atomic E-state index is 12.1. The summed E-state index contributed by atoms with van der Waals surface area (Å²) in [6.45, 7) is 1.30. The molecular formula is C7H6F3N3O. The van der Waals surface area contributed by atoms with E-state index in [1.807, 2.05) is 0 Å². The summed E-state index contributed by atoms with van der Waals surface area (Å²) in [6, 6.07) is 0.744. The standard InChI is InChI=1S/C7H6F3N3O/c1-4(13-14)6-11-3-2-5(12-6)7(8,9)10/h2-3,14H,1H3/b13-4+. The fourth-order valence-electron chi connectivity index (χ4n) is 0.736. The Morgan fingerprint density at radius 3 is 2.64 bits per heavy atom. The minimum atomic E-state index is -4.52. The van der Waals surface area contributed by atoms with Gasteiger partial charge in [-0.2, -0.15) is 13.2 Å². The number of nitrogens with zero attached hydrogens (tertiary/aromatic N) is 3. The first-order chi connectivity index (χ1) is 6.45. The Kier molecular flexibility index (Phi) is 2.68. The monoisotopic (exact) mass is 205 g/mol. The Labute approximate surface area is 77.1 Å². The van der Waals surface area contributed by atoms with E-state index >= 15 is 0 Å². The zero-order valence-corrected chi connectivity index (χ0v) is 7.08. The summed E-state index contributed by atoms with van der Waals surface area (Å²) in [5, 5.41) is 11.0. The molecule has 0 radical (unpaired) electrons. The molecule has 0 amide bonds. The van der Waals surface area contributed by atoms with E-state index in [9.17, 15) is 13.2 Å². The minimum absolute atomic E-state index is 0.0731. The molecule has 0 aliphatic rings. The Bertz CT molecular complexity index is 361. The van der Waals surface area contributed by atoms with Gasteiger partial charge >= 0.3 is 6.18 Å². The predicted octanol–water partition coefficient (Wildman–Crippen LogP) is 1.69. The average molecular weight is 205 g/mol. The number of rotatable bonds is 1. The highest BCUT2D eigenvalue weighted by atomic mass is 19.4. The van der Waals surface area contributed by atoms with Gasteiger partial charge in [-0.05, 0) is 13.0 Å². The van der Waals surface area contributed by atoms with Crippen molar-refractivity contribution >= 4 is 5.71 Å². The van der Waals surface area contributed by atoms with Gasteiger partial charge in [0.05, 0.1) is 0 Å². The molecule has 0 aliphatic heterocycles. The van der Waals surface area contributed by atoms with Crippen LogP contribution in [-0.4, -0.2) is 20.9 Å². The second kappa shape index (κ2) is 3.60. The van der Waals surface area contributed by atoms with Crippen molar-refractivity contribution < 1.29 is 18.4 Å². The van der Waals surface area contributed by atoms with E-state index in [-0.39, 0.29) is 11.5 Å². The van der Waals surface area contributed by atoms with E-state index in [4.69, 9.17) is 5.21 Å². The van der Waals surface area contributed by atoms with Crippen LogP contribution in [0.3, 0.4) is 0 Å². The molecule has 1 aromatic rings. The van der Waals surface area contributed by atoms with E-state index < -0.39 is 11.9 Å². The van der Waals surface area contributed by atoms with E-state index in [1.165, 1.54) is 6.92 Å². The topological polar surface area (TPSA) is 58.4 Å². The van der Waals surface area contributed by atoms with Gasteiger partial charge in [0.1, 0.15) is 11.4 Å². The fraction of sp³-hybridized carbons (Fsp3) is 0.286. The summed E-state index contributed by atoms with van der Waals surface area (Å²) >= 11 is 0. The molecule has 14 heavy (non-hydrogen) atoms. The van der Waals surface area contributed by atoms with Crippen molar-refractivity contribution in [2.45, 2.75) is 13.1 Å². The van der Waals surface area contributed by atoms with Gasteiger partial charge in [-0.15, -0.1) is 0 Å². The van der Waals surface area contributed by atoms with Gasteiger partial charge in [-0.3, -0.25) is 0 Å². The van der Waals surface area contributed by atoms with Crippen LogP contribution in [0, 0.1) is 0 Å². The van der Waals surface area contributed by atoms with E-state index in [2.05, 4.69) is 15.1 Å². The van der Waals surface area contributed by atoms with Crippen LogP contribution in [-0.2, 0) is 6.18 Å². The third-order valence-electron chi connectivity index (χ3n) is 1.42. The Morgan fingerprint density at radius 2 is 2.14 bits per heavy atom.